The highest BCUT2D eigenvalue weighted by molar-refractivity contribution is 5.89. The van der Waals surface area contributed by atoms with Crippen LogP contribution in [0.25, 0.3) is 11.3 Å². The van der Waals surface area contributed by atoms with E-state index in [-0.39, 0.29) is 5.91 Å². The van der Waals surface area contributed by atoms with Gasteiger partial charge in [0.05, 0.1) is 12.2 Å². The topological polar surface area (TPSA) is 85.8 Å². The molecule has 22 heavy (non-hydrogen) atoms. The predicted molar refractivity (Wildman–Crippen MR) is 79.9 cm³/mol. The third-order valence-corrected chi connectivity index (χ3v) is 3.14. The zero-order chi connectivity index (χ0) is 15.4. The SMILES string of the molecule is Cc1cc(NC(=O)CCn2nccc2-c2ccncc2)no1. The van der Waals surface area contributed by atoms with Gasteiger partial charge in [-0.1, -0.05) is 5.16 Å². The number of amides is 1. The molecule has 0 atom stereocenters. The second-order valence-electron chi connectivity index (χ2n) is 4.80. The number of nitrogens with zero attached hydrogens (tertiary/aromatic N) is 4. The van der Waals surface area contributed by atoms with Crippen LogP contribution in [0, 0.1) is 6.92 Å². The Kier molecular flexibility index (Phi) is 3.95. The van der Waals surface area contributed by atoms with Crippen molar-refractivity contribution in [2.75, 3.05) is 5.32 Å². The molecular weight excluding hydrogens is 282 g/mol. The van der Waals surface area contributed by atoms with Crippen molar-refractivity contribution in [3.63, 3.8) is 0 Å². The maximum atomic E-state index is 11.9. The molecule has 3 aromatic rings. The molecule has 3 aromatic heterocycles. The molecule has 7 heteroatoms. The fourth-order valence-electron chi connectivity index (χ4n) is 2.12. The van der Waals surface area contributed by atoms with Crippen molar-refractivity contribution < 1.29 is 9.32 Å². The summed E-state index contributed by atoms with van der Waals surface area (Å²) in [5, 5.41) is 10.7. The smallest absolute Gasteiger partial charge is 0.227 e. The fraction of sp³-hybridized carbons (Fsp3) is 0.200. The first-order chi connectivity index (χ1) is 10.7. The van der Waals surface area contributed by atoms with Gasteiger partial charge in [-0.2, -0.15) is 5.10 Å². The maximum Gasteiger partial charge on any atom is 0.227 e. The standard InChI is InChI=1S/C15H15N5O2/c1-11-10-14(19-22-11)18-15(21)5-9-20-13(4-8-17-20)12-2-6-16-7-3-12/h2-4,6-8,10H,5,9H2,1H3,(H,18,19,21). The summed E-state index contributed by atoms with van der Waals surface area (Å²) in [5.74, 6) is 0.948. The summed E-state index contributed by atoms with van der Waals surface area (Å²) in [5.41, 5.74) is 1.97. The molecule has 0 spiro atoms. The van der Waals surface area contributed by atoms with Crippen molar-refractivity contribution >= 4 is 11.7 Å². The fourth-order valence-corrected chi connectivity index (χ4v) is 2.12. The summed E-state index contributed by atoms with van der Waals surface area (Å²) in [7, 11) is 0. The van der Waals surface area contributed by atoms with E-state index in [9.17, 15) is 4.79 Å². The minimum atomic E-state index is -0.135. The van der Waals surface area contributed by atoms with Gasteiger partial charge in [0.2, 0.25) is 5.91 Å². The Bertz CT molecular complexity index is 763. The Morgan fingerprint density at radius 1 is 1.27 bits per heavy atom. The molecule has 0 unspecified atom stereocenters. The summed E-state index contributed by atoms with van der Waals surface area (Å²) in [6, 6.07) is 7.40. The molecule has 1 amide bonds. The number of pyridine rings is 1. The lowest BCUT2D eigenvalue weighted by atomic mass is 10.2. The first kappa shape index (κ1) is 14.0. The molecule has 0 radical (unpaired) electrons. The minimum absolute atomic E-state index is 0.135. The minimum Gasteiger partial charge on any atom is -0.360 e. The Labute approximate surface area is 127 Å². The van der Waals surface area contributed by atoms with Gasteiger partial charge in [-0.25, -0.2) is 0 Å². The Morgan fingerprint density at radius 3 is 2.82 bits per heavy atom. The Hall–Kier alpha value is -2.96. The van der Waals surface area contributed by atoms with E-state index in [0.717, 1.165) is 11.3 Å². The second kappa shape index (κ2) is 6.21. The number of hydrogen-bond donors (Lipinski definition) is 1. The van der Waals surface area contributed by atoms with Crippen LogP contribution in [0.2, 0.25) is 0 Å². The number of carbonyl (C=O) groups excluding carboxylic acids is 1. The zero-order valence-corrected chi connectivity index (χ0v) is 12.1. The van der Waals surface area contributed by atoms with Crippen molar-refractivity contribution in [3.05, 3.63) is 48.6 Å². The normalized spacial score (nSPS) is 10.6. The van der Waals surface area contributed by atoms with E-state index in [1.54, 1.807) is 36.3 Å². The van der Waals surface area contributed by atoms with E-state index in [0.29, 0.717) is 24.5 Å². The Balaban J connectivity index is 1.63. The van der Waals surface area contributed by atoms with Gasteiger partial charge < -0.3 is 9.84 Å². The average molecular weight is 297 g/mol. The molecule has 0 saturated carbocycles. The van der Waals surface area contributed by atoms with Crippen molar-refractivity contribution in [1.82, 2.24) is 19.9 Å². The highest BCUT2D eigenvalue weighted by Gasteiger charge is 2.09. The number of rotatable bonds is 5. The molecule has 112 valence electrons. The van der Waals surface area contributed by atoms with E-state index in [1.807, 2.05) is 18.2 Å². The molecule has 0 aliphatic carbocycles. The quantitative estimate of drug-likeness (QED) is 0.780. The van der Waals surface area contributed by atoms with E-state index >= 15 is 0 Å². The molecule has 0 aliphatic heterocycles. The lowest BCUT2D eigenvalue weighted by Gasteiger charge is -2.07. The van der Waals surface area contributed by atoms with Crippen molar-refractivity contribution in [1.29, 1.82) is 0 Å². The summed E-state index contributed by atoms with van der Waals surface area (Å²) in [4.78, 5) is 15.9. The molecule has 3 heterocycles. The lowest BCUT2D eigenvalue weighted by Crippen LogP contribution is -2.15. The molecule has 0 saturated heterocycles. The van der Waals surface area contributed by atoms with Crippen LogP contribution in [0.15, 0.2) is 47.4 Å². The first-order valence-corrected chi connectivity index (χ1v) is 6.88. The molecular formula is C15H15N5O2. The highest BCUT2D eigenvalue weighted by atomic mass is 16.5. The summed E-state index contributed by atoms with van der Waals surface area (Å²) in [6.45, 7) is 2.25. The third-order valence-electron chi connectivity index (χ3n) is 3.14. The number of aryl methyl sites for hydroxylation is 2. The molecule has 1 N–H and O–H groups in total. The second-order valence-corrected chi connectivity index (χ2v) is 4.80. The van der Waals surface area contributed by atoms with Crippen LogP contribution in [-0.4, -0.2) is 25.8 Å². The Morgan fingerprint density at radius 2 is 2.09 bits per heavy atom. The molecule has 0 aliphatic rings. The molecule has 0 fully saturated rings. The number of hydrogen-bond acceptors (Lipinski definition) is 5. The summed E-state index contributed by atoms with van der Waals surface area (Å²) in [6.07, 6.45) is 5.47. The van der Waals surface area contributed by atoms with Gasteiger partial charge in [0.25, 0.3) is 0 Å². The third kappa shape index (κ3) is 3.20. The maximum absolute atomic E-state index is 11.9. The van der Waals surface area contributed by atoms with Crippen LogP contribution in [0.1, 0.15) is 12.2 Å². The van der Waals surface area contributed by atoms with E-state index in [2.05, 4.69) is 20.6 Å². The van der Waals surface area contributed by atoms with E-state index < -0.39 is 0 Å². The van der Waals surface area contributed by atoms with Gasteiger partial charge >= 0.3 is 0 Å². The number of anilines is 1. The zero-order valence-electron chi connectivity index (χ0n) is 12.1. The van der Waals surface area contributed by atoms with Crippen LogP contribution >= 0.6 is 0 Å². The van der Waals surface area contributed by atoms with Gasteiger partial charge in [-0.05, 0) is 25.1 Å². The van der Waals surface area contributed by atoms with Crippen molar-refractivity contribution in [2.45, 2.75) is 19.9 Å². The average Bonchev–Trinajstić information content (AvgIpc) is 3.15. The van der Waals surface area contributed by atoms with Crippen molar-refractivity contribution in [2.24, 2.45) is 0 Å². The summed E-state index contributed by atoms with van der Waals surface area (Å²) >= 11 is 0. The van der Waals surface area contributed by atoms with Crippen LogP contribution in [-0.2, 0) is 11.3 Å². The monoisotopic (exact) mass is 297 g/mol. The number of aromatic nitrogens is 4. The van der Waals surface area contributed by atoms with Crippen LogP contribution < -0.4 is 5.32 Å². The van der Waals surface area contributed by atoms with Crippen LogP contribution in [0.5, 0.6) is 0 Å². The van der Waals surface area contributed by atoms with E-state index in [1.165, 1.54) is 0 Å². The molecule has 3 rings (SSSR count). The number of nitrogens with one attached hydrogen (secondary N) is 1. The van der Waals surface area contributed by atoms with Gasteiger partial charge in [0.1, 0.15) is 5.76 Å². The van der Waals surface area contributed by atoms with Gasteiger partial charge in [-0.3, -0.25) is 14.5 Å². The molecule has 0 bridgehead atoms. The predicted octanol–water partition coefficient (Wildman–Crippen LogP) is 2.27. The lowest BCUT2D eigenvalue weighted by molar-refractivity contribution is -0.116. The molecule has 0 aromatic carbocycles. The van der Waals surface area contributed by atoms with Gasteiger partial charge in [0.15, 0.2) is 5.82 Å². The van der Waals surface area contributed by atoms with Gasteiger partial charge in [0, 0.05) is 36.6 Å². The highest BCUT2D eigenvalue weighted by Crippen LogP contribution is 2.18. The van der Waals surface area contributed by atoms with Crippen LogP contribution in [0.4, 0.5) is 5.82 Å². The first-order valence-electron chi connectivity index (χ1n) is 6.88. The van der Waals surface area contributed by atoms with Crippen molar-refractivity contribution in [3.8, 4) is 11.3 Å². The summed E-state index contributed by atoms with van der Waals surface area (Å²) < 4.78 is 6.70. The van der Waals surface area contributed by atoms with Crippen LogP contribution in [0.3, 0.4) is 0 Å². The van der Waals surface area contributed by atoms with Gasteiger partial charge in [-0.15, -0.1) is 0 Å². The largest absolute Gasteiger partial charge is 0.360 e. The number of carbonyl (C=O) groups is 1. The van der Waals surface area contributed by atoms with E-state index in [4.69, 9.17) is 4.52 Å². The molecule has 7 nitrogen and oxygen atoms in total.